The lowest BCUT2D eigenvalue weighted by molar-refractivity contribution is -0.193. The number of pyridine rings is 1. The van der Waals surface area contributed by atoms with Gasteiger partial charge in [0.25, 0.3) is 0 Å². The molecule has 11 nitrogen and oxygen atoms in total. The largest absolute Gasteiger partial charge is 0.490 e. The number of piperidine rings is 1. The van der Waals surface area contributed by atoms with E-state index >= 15 is 0 Å². The molecule has 44 heavy (non-hydrogen) atoms. The molecule has 1 aliphatic carbocycles. The lowest BCUT2D eigenvalue weighted by atomic mass is 9.77. The Morgan fingerprint density at radius 3 is 2.11 bits per heavy atom. The number of aryl methyl sites for hydroxylation is 1. The average Bonchev–Trinajstić information content (AvgIpc) is 3.31. The van der Waals surface area contributed by atoms with E-state index in [1.54, 1.807) is 34.0 Å². The fraction of sp³-hybridized carbons (Fsp3) is 0.600. The highest BCUT2D eigenvalue weighted by Gasteiger charge is 2.45. The van der Waals surface area contributed by atoms with E-state index in [-0.39, 0.29) is 22.7 Å². The van der Waals surface area contributed by atoms with Crippen LogP contribution in [0.25, 0.3) is 0 Å². The van der Waals surface area contributed by atoms with E-state index < -0.39 is 34.3 Å². The van der Waals surface area contributed by atoms with Gasteiger partial charge in [-0.2, -0.15) is 30.6 Å². The molecule has 0 bridgehead atoms. The number of carbonyl (C=O) groups is 2. The SMILES string of the molecule is Cc1nc(CN2CC3(CCN(C4CCC4)CC3)COc3ncccc3S2(=O)=O)cs1.O=C(O)C(F)(F)F.O=C(O)C(F)(F)F. The molecule has 1 saturated heterocycles. The highest BCUT2D eigenvalue weighted by molar-refractivity contribution is 7.89. The smallest absolute Gasteiger partial charge is 0.476 e. The van der Waals surface area contributed by atoms with Crippen LogP contribution in [0.15, 0.2) is 28.6 Å². The summed E-state index contributed by atoms with van der Waals surface area (Å²) in [7, 11) is -3.73. The molecule has 2 fully saturated rings. The normalized spacial score (nSPS) is 20.2. The number of carboxylic acids is 2. The van der Waals surface area contributed by atoms with Gasteiger partial charge in [0.15, 0.2) is 0 Å². The van der Waals surface area contributed by atoms with Gasteiger partial charge in [-0.3, -0.25) is 0 Å². The Bertz CT molecular complexity index is 1380. The molecule has 1 spiro atoms. The molecule has 2 aliphatic heterocycles. The summed E-state index contributed by atoms with van der Waals surface area (Å²) in [5.41, 5.74) is 0.600. The van der Waals surface area contributed by atoms with Gasteiger partial charge < -0.3 is 19.8 Å². The van der Waals surface area contributed by atoms with Crippen molar-refractivity contribution in [1.29, 1.82) is 0 Å². The highest BCUT2D eigenvalue weighted by atomic mass is 32.2. The van der Waals surface area contributed by atoms with Crippen LogP contribution in [-0.2, 0) is 26.2 Å². The summed E-state index contributed by atoms with van der Waals surface area (Å²) in [6.45, 7) is 5.20. The minimum Gasteiger partial charge on any atom is -0.476 e. The van der Waals surface area contributed by atoms with Crippen LogP contribution < -0.4 is 4.74 Å². The van der Waals surface area contributed by atoms with Crippen molar-refractivity contribution in [1.82, 2.24) is 19.2 Å². The summed E-state index contributed by atoms with van der Waals surface area (Å²) in [4.78, 5) is 29.3. The zero-order valence-electron chi connectivity index (χ0n) is 23.3. The fourth-order valence-electron chi connectivity index (χ4n) is 4.77. The third-order valence-electron chi connectivity index (χ3n) is 7.32. The molecule has 246 valence electrons. The number of carboxylic acid groups (broad SMARTS) is 2. The average molecular weight is 677 g/mol. The number of aromatic nitrogens is 2. The molecule has 4 heterocycles. The number of hydrogen-bond acceptors (Lipinski definition) is 9. The predicted octanol–water partition coefficient (Wildman–Crippen LogP) is 4.33. The number of alkyl halides is 6. The lowest BCUT2D eigenvalue weighted by Gasteiger charge is -2.48. The van der Waals surface area contributed by atoms with Gasteiger partial charge >= 0.3 is 24.3 Å². The van der Waals surface area contributed by atoms with Gasteiger partial charge in [-0.1, -0.05) is 6.42 Å². The standard InChI is InChI=1S/C21H28N4O3S2.2C2HF3O2/c1-16-23-17(13-29-16)12-25-14-21(7-10-24(11-8-21)18-4-2-5-18)15-28-20-19(30(25,26)27)6-3-9-22-20;2*3-2(4,5)1(6)7/h3,6,9,13,18H,2,4-5,7-8,10-12,14-15H2,1H3;2*(H,6,7). The number of halogens is 6. The Hall–Kier alpha value is -3.03. The maximum absolute atomic E-state index is 13.6. The van der Waals surface area contributed by atoms with Crippen molar-refractivity contribution in [3.8, 4) is 5.88 Å². The van der Waals surface area contributed by atoms with Crippen LogP contribution >= 0.6 is 11.3 Å². The zero-order valence-corrected chi connectivity index (χ0v) is 24.9. The van der Waals surface area contributed by atoms with Crippen molar-refractivity contribution in [3.63, 3.8) is 0 Å². The van der Waals surface area contributed by atoms with Crippen molar-refractivity contribution in [2.45, 2.75) is 68.9 Å². The van der Waals surface area contributed by atoms with E-state index in [0.29, 0.717) is 13.2 Å². The molecular formula is C25H30F6N4O7S2. The third-order valence-corrected chi connectivity index (χ3v) is 9.95. The van der Waals surface area contributed by atoms with Gasteiger partial charge in [0.05, 0.1) is 23.9 Å². The molecule has 1 saturated carbocycles. The van der Waals surface area contributed by atoms with Gasteiger partial charge in [0, 0.05) is 29.6 Å². The summed E-state index contributed by atoms with van der Waals surface area (Å²) in [5.74, 6) is -5.29. The van der Waals surface area contributed by atoms with Crippen molar-refractivity contribution in [2.24, 2.45) is 5.41 Å². The summed E-state index contributed by atoms with van der Waals surface area (Å²) < 4.78 is 98.4. The fourth-order valence-corrected chi connectivity index (χ4v) is 6.98. The quantitative estimate of drug-likeness (QED) is 0.450. The van der Waals surface area contributed by atoms with E-state index in [1.165, 1.54) is 19.3 Å². The van der Waals surface area contributed by atoms with Gasteiger partial charge in [0.2, 0.25) is 15.9 Å². The van der Waals surface area contributed by atoms with Crippen molar-refractivity contribution in [2.75, 3.05) is 26.2 Å². The number of thiazole rings is 1. The van der Waals surface area contributed by atoms with Gasteiger partial charge in [-0.05, 0) is 57.8 Å². The Balaban J connectivity index is 0.000000317. The molecular weight excluding hydrogens is 646 g/mol. The van der Waals surface area contributed by atoms with Crippen LogP contribution in [0.5, 0.6) is 5.88 Å². The topological polar surface area (TPSA) is 150 Å². The minimum atomic E-state index is -5.08. The second-order valence-corrected chi connectivity index (χ2v) is 13.4. The Labute approximate surface area is 252 Å². The van der Waals surface area contributed by atoms with Crippen molar-refractivity contribution < 1.29 is 59.3 Å². The van der Waals surface area contributed by atoms with Crippen LogP contribution in [-0.4, -0.2) is 94.4 Å². The van der Waals surface area contributed by atoms with E-state index in [1.807, 2.05) is 12.3 Å². The number of rotatable bonds is 3. The van der Waals surface area contributed by atoms with E-state index in [0.717, 1.165) is 42.7 Å². The highest BCUT2D eigenvalue weighted by Crippen LogP contribution is 2.40. The number of nitrogens with zero attached hydrogens (tertiary/aromatic N) is 4. The first-order valence-corrected chi connectivity index (χ1v) is 15.5. The first-order valence-electron chi connectivity index (χ1n) is 13.2. The lowest BCUT2D eigenvalue weighted by Crippen LogP contribution is -2.54. The number of aliphatic carboxylic acids is 2. The van der Waals surface area contributed by atoms with Crippen LogP contribution in [0.1, 0.15) is 42.8 Å². The van der Waals surface area contributed by atoms with Crippen molar-refractivity contribution >= 4 is 33.3 Å². The Kier molecular flexibility index (Phi) is 11.2. The molecule has 0 atom stereocenters. The molecule has 0 unspecified atom stereocenters. The summed E-state index contributed by atoms with van der Waals surface area (Å²) >= 11 is 1.55. The first-order chi connectivity index (χ1) is 20.3. The second kappa shape index (κ2) is 13.9. The van der Waals surface area contributed by atoms with Gasteiger partial charge in [0.1, 0.15) is 4.90 Å². The Morgan fingerprint density at radius 2 is 1.66 bits per heavy atom. The third kappa shape index (κ3) is 9.24. The van der Waals surface area contributed by atoms with E-state index in [9.17, 15) is 34.8 Å². The number of ether oxygens (including phenoxy) is 1. The van der Waals surface area contributed by atoms with Crippen molar-refractivity contribution in [3.05, 3.63) is 34.4 Å². The monoisotopic (exact) mass is 676 g/mol. The first kappa shape index (κ1) is 35.4. The molecule has 19 heteroatoms. The van der Waals surface area contributed by atoms with Crippen LogP contribution in [0, 0.1) is 12.3 Å². The summed E-state index contributed by atoms with van der Waals surface area (Å²) in [6.07, 6.45) is -2.77. The molecule has 3 aliphatic rings. The molecule has 0 radical (unpaired) electrons. The van der Waals surface area contributed by atoms with Crippen LogP contribution in [0.4, 0.5) is 26.3 Å². The summed E-state index contributed by atoms with van der Waals surface area (Å²) in [6, 6.07) is 3.96. The Morgan fingerprint density at radius 1 is 1.09 bits per heavy atom. The number of sulfonamides is 1. The minimum absolute atomic E-state index is 0.152. The molecule has 0 aromatic carbocycles. The van der Waals surface area contributed by atoms with E-state index in [4.69, 9.17) is 24.5 Å². The van der Waals surface area contributed by atoms with Crippen LogP contribution in [0.2, 0.25) is 0 Å². The molecule has 0 amide bonds. The number of hydrogen-bond donors (Lipinski definition) is 2. The van der Waals surface area contributed by atoms with E-state index in [2.05, 4.69) is 14.9 Å². The molecule has 2 aromatic heterocycles. The number of likely N-dealkylation sites (tertiary alicyclic amines) is 1. The summed E-state index contributed by atoms with van der Waals surface area (Å²) in [5, 5.41) is 17.2. The molecule has 5 rings (SSSR count). The second-order valence-electron chi connectivity index (χ2n) is 10.5. The van der Waals surface area contributed by atoms with Gasteiger partial charge in [-0.25, -0.2) is 28.0 Å². The zero-order chi connectivity index (χ0) is 32.9. The molecule has 2 N–H and O–H groups in total. The molecule has 2 aromatic rings. The predicted molar refractivity (Wildman–Crippen MR) is 142 cm³/mol. The maximum atomic E-state index is 13.6. The number of fused-ring (bicyclic) bond motifs is 1. The van der Waals surface area contributed by atoms with Crippen LogP contribution in [0.3, 0.4) is 0 Å². The maximum Gasteiger partial charge on any atom is 0.490 e. The van der Waals surface area contributed by atoms with Gasteiger partial charge in [-0.15, -0.1) is 11.3 Å².